The van der Waals surface area contributed by atoms with E-state index in [0.717, 1.165) is 101 Å². The van der Waals surface area contributed by atoms with E-state index in [1.807, 2.05) is 55.4 Å². The Balaban J connectivity index is 0.000000146. The van der Waals surface area contributed by atoms with Crippen LogP contribution < -0.4 is 0 Å². The molecule has 2 heterocycles. The molecular formula is C91H140O26S. The van der Waals surface area contributed by atoms with E-state index in [1.165, 1.54) is 44.9 Å². The van der Waals surface area contributed by atoms with E-state index >= 15 is 0 Å². The smallest absolute Gasteiger partial charge is 0.344 e. The van der Waals surface area contributed by atoms with E-state index in [1.54, 1.807) is 41.5 Å². The maximum absolute atomic E-state index is 12.8. The molecule has 666 valence electrons. The van der Waals surface area contributed by atoms with Gasteiger partial charge in [-0.2, -0.15) is 8.42 Å². The lowest BCUT2D eigenvalue weighted by Gasteiger charge is -2.62. The largest absolute Gasteiger partial charge is 0.462 e. The van der Waals surface area contributed by atoms with Gasteiger partial charge in [0.05, 0.1) is 56.7 Å². The summed E-state index contributed by atoms with van der Waals surface area (Å²) >= 11 is 0. The summed E-state index contributed by atoms with van der Waals surface area (Å²) in [6.07, 6.45) is 22.3. The first kappa shape index (κ1) is 92.8. The Bertz CT molecular complexity index is 3760. The monoisotopic (exact) mass is 1680 g/mol. The Hall–Kier alpha value is -5.96. The molecule has 2 aliphatic heterocycles. The molecule has 0 aromatic rings. The van der Waals surface area contributed by atoms with Gasteiger partial charge in [0.15, 0.2) is 19.8 Å². The van der Waals surface area contributed by atoms with Crippen LogP contribution in [0.5, 0.6) is 0 Å². The molecule has 16 bridgehead atoms. The standard InChI is InChI=1S/C21H32O6.C19H28O9S.C19H32O2.C16H22O6.C16H26O3/c1-5-20(2,3)19(24)26-11-17(22)25-12-18(23)27-21(4)15-7-13-6-14(9-15)10-16(21)8-13;1-4-19(2,3)18(22)26-8-7-25-14(20)5-6-15(21)27-16-11-9-12-13(10-11)29(23,24)28-17(12)16;1-6-18(4,5)17(20)21-19(12(2)3)15-8-13-7-14(10-15)11-16(19)9-13;1-4-16(2,3)15(19)20-7-11(17)21-12-8-5-9-10(6-8)14(18)22-13(9)12;1-4-14(2,3)13(17)19-16-8-11-5-12(9-16)7-15(18,6-11)10-16/h13-16H,5-12H2,1-4H3;11-13,16-17H,4-10H2,1-3H3;12-16H,6-11H2,1-5H3;8-10,12-13H,4-7H2,1-3H3;11-12,18H,4-10H2,1-3H3. The summed E-state index contributed by atoms with van der Waals surface area (Å²) in [7, 11) is -3.56. The van der Waals surface area contributed by atoms with Crippen molar-refractivity contribution in [1.29, 1.82) is 0 Å². The van der Waals surface area contributed by atoms with E-state index in [4.69, 9.17) is 56.3 Å². The summed E-state index contributed by atoms with van der Waals surface area (Å²) in [4.78, 5) is 132. The van der Waals surface area contributed by atoms with Gasteiger partial charge in [-0.3, -0.25) is 42.5 Å². The molecule has 1 N–H and O–H groups in total. The molecule has 12 atom stereocenters. The third-order valence-corrected chi connectivity index (χ3v) is 33.4. The van der Waals surface area contributed by atoms with Gasteiger partial charge in [-0.25, -0.2) is 14.4 Å². The van der Waals surface area contributed by atoms with Gasteiger partial charge in [0.1, 0.15) is 54.4 Å². The predicted molar refractivity (Wildman–Crippen MR) is 428 cm³/mol. The maximum atomic E-state index is 12.8. The molecule has 18 fully saturated rings. The number of esters is 11. The normalized spacial score (nSPS) is 36.7. The topological polar surface area (TPSA) is 353 Å². The fraction of sp³-hybridized carbons (Fsp3) is 0.879. The average molecular weight is 1680 g/mol. The second-order valence-electron chi connectivity index (χ2n) is 42.1. The average Bonchev–Trinajstić information content (AvgIpc) is 1.36. The summed E-state index contributed by atoms with van der Waals surface area (Å²) < 4.78 is 88.3. The summed E-state index contributed by atoms with van der Waals surface area (Å²) in [6, 6.07) is 0. The van der Waals surface area contributed by atoms with Crippen LogP contribution in [0.4, 0.5) is 0 Å². The van der Waals surface area contributed by atoms with Crippen LogP contribution in [0.2, 0.25) is 0 Å². The minimum atomic E-state index is -3.56. The summed E-state index contributed by atoms with van der Waals surface area (Å²) in [6.45, 7) is 33.5. The van der Waals surface area contributed by atoms with Gasteiger partial charge < -0.3 is 57.2 Å². The zero-order valence-electron chi connectivity index (χ0n) is 73.8. The van der Waals surface area contributed by atoms with Crippen LogP contribution in [0, 0.1) is 122 Å². The first-order valence-electron chi connectivity index (χ1n) is 44.8. The number of carbonyl (C=O) groups excluding carboxylic acids is 11. The molecule has 0 radical (unpaired) electrons. The van der Waals surface area contributed by atoms with Gasteiger partial charge in [0.25, 0.3) is 10.1 Å². The molecule has 0 aromatic carbocycles. The van der Waals surface area contributed by atoms with E-state index in [0.29, 0.717) is 80.0 Å². The van der Waals surface area contributed by atoms with Gasteiger partial charge >= 0.3 is 65.7 Å². The zero-order chi connectivity index (χ0) is 86.6. The van der Waals surface area contributed by atoms with Crippen LogP contribution in [0.1, 0.15) is 298 Å². The highest BCUT2D eigenvalue weighted by molar-refractivity contribution is 7.87. The highest BCUT2D eigenvalue weighted by Gasteiger charge is 2.68. The lowest BCUT2D eigenvalue weighted by Crippen LogP contribution is -2.63. The van der Waals surface area contributed by atoms with Crippen molar-refractivity contribution in [3.05, 3.63) is 0 Å². The van der Waals surface area contributed by atoms with Crippen molar-refractivity contribution in [2.75, 3.05) is 33.0 Å². The number of carbonyl (C=O) groups is 11. The number of ether oxygens (including phenoxy) is 11. The van der Waals surface area contributed by atoms with Gasteiger partial charge in [0, 0.05) is 30.1 Å². The molecule has 0 spiro atoms. The summed E-state index contributed by atoms with van der Waals surface area (Å²) in [5.41, 5.74) is -4.12. The highest BCUT2D eigenvalue weighted by atomic mass is 32.2. The lowest BCUT2D eigenvalue weighted by molar-refractivity contribution is -0.231. The van der Waals surface area contributed by atoms with Gasteiger partial charge in [-0.1, -0.05) is 48.5 Å². The highest BCUT2D eigenvalue weighted by Crippen LogP contribution is 2.64. The van der Waals surface area contributed by atoms with Crippen molar-refractivity contribution in [3.63, 3.8) is 0 Å². The third kappa shape index (κ3) is 20.0. The molecule has 0 aromatic heterocycles. The quantitative estimate of drug-likeness (QED) is 0.0329. The van der Waals surface area contributed by atoms with Gasteiger partial charge in [-0.05, 0) is 295 Å². The molecule has 12 unspecified atom stereocenters. The van der Waals surface area contributed by atoms with Crippen LogP contribution in [0.25, 0.3) is 0 Å². The fourth-order valence-corrected chi connectivity index (χ4v) is 25.3. The van der Waals surface area contributed by atoms with Crippen LogP contribution in [-0.4, -0.2) is 164 Å². The van der Waals surface area contributed by atoms with Crippen molar-refractivity contribution in [3.8, 4) is 0 Å². The Morgan fingerprint density at radius 1 is 0.441 bits per heavy atom. The van der Waals surface area contributed by atoms with E-state index in [2.05, 4.69) is 27.7 Å². The number of aliphatic hydroxyl groups is 1. The molecule has 2 saturated heterocycles. The Morgan fingerprint density at radius 2 is 0.856 bits per heavy atom. The van der Waals surface area contributed by atoms with Crippen LogP contribution in [0.15, 0.2) is 0 Å². The maximum Gasteiger partial charge on any atom is 0.344 e. The Morgan fingerprint density at radius 3 is 1.36 bits per heavy atom. The van der Waals surface area contributed by atoms with Gasteiger partial charge in [0.2, 0.25) is 0 Å². The molecule has 16 aliphatic carbocycles. The Kier molecular flexibility index (Phi) is 28.1. The first-order valence-corrected chi connectivity index (χ1v) is 46.3. The summed E-state index contributed by atoms with van der Waals surface area (Å²) in [5, 5.41) is 10.2. The number of fused-ring (bicyclic) bond motifs is 2. The molecule has 16 saturated carbocycles. The fourth-order valence-electron chi connectivity index (χ4n) is 23.4. The second kappa shape index (κ2) is 35.7. The number of rotatable bonds is 28. The minimum Gasteiger partial charge on any atom is -0.462 e. The predicted octanol–water partition coefficient (Wildman–Crippen LogP) is 13.9. The van der Waals surface area contributed by atoms with E-state index in [9.17, 15) is 66.3 Å². The van der Waals surface area contributed by atoms with Gasteiger partial charge in [-0.15, -0.1) is 0 Å². The van der Waals surface area contributed by atoms with Crippen LogP contribution in [0.3, 0.4) is 0 Å². The summed E-state index contributed by atoms with van der Waals surface area (Å²) in [5.74, 6) is 2.87. The Labute approximate surface area is 699 Å². The second-order valence-corrected chi connectivity index (χ2v) is 43.9. The van der Waals surface area contributed by atoms with Crippen LogP contribution >= 0.6 is 0 Å². The molecule has 0 amide bonds. The van der Waals surface area contributed by atoms with Crippen molar-refractivity contribution in [2.24, 2.45) is 122 Å². The molecular weight excluding hydrogens is 1540 g/mol. The van der Waals surface area contributed by atoms with Crippen LogP contribution in [-0.2, 0) is 119 Å². The molecule has 118 heavy (non-hydrogen) atoms. The number of hydrogen-bond donors (Lipinski definition) is 1. The van der Waals surface area contributed by atoms with Crippen molar-refractivity contribution < 1.29 is 123 Å². The zero-order valence-corrected chi connectivity index (χ0v) is 74.6. The van der Waals surface area contributed by atoms with E-state index < -0.39 is 115 Å². The molecule has 26 nitrogen and oxygen atoms in total. The minimum absolute atomic E-state index is 0.00636. The van der Waals surface area contributed by atoms with Crippen molar-refractivity contribution in [2.45, 2.75) is 350 Å². The van der Waals surface area contributed by atoms with Crippen molar-refractivity contribution >= 4 is 75.8 Å². The molecule has 18 aliphatic rings. The molecule has 27 heteroatoms. The van der Waals surface area contributed by atoms with E-state index in [-0.39, 0.29) is 115 Å². The SMILES string of the molecule is CCC(C)(C)C(=O)OC1(C(C)C)C2CC3CC(C2)CC1C3.CCC(C)(C)C(=O)OC12CC3CC(CC(O)(C3)C1)C2.CCC(C)(C)C(=O)OCC(=O)OC1C2CC3C(=O)OC1C3C2.CCC(C)(C)C(=O)OCC(=O)OCC(=O)OC1(C)C2CC3CC(C2)CC1C3.CCC(C)(C)C(=O)OCCOC(=O)CCC(=O)OC1C2CC3C1OS(=O)(=O)C3C2. The lowest BCUT2D eigenvalue weighted by atomic mass is 9.47. The number of hydrogen-bond acceptors (Lipinski definition) is 26. The first-order chi connectivity index (χ1) is 55.1. The third-order valence-electron chi connectivity index (χ3n) is 31.6. The van der Waals surface area contributed by atoms with Crippen molar-refractivity contribution in [1.82, 2.24) is 0 Å². The molecule has 18 rings (SSSR count).